The third kappa shape index (κ3) is 31.3. The van der Waals surface area contributed by atoms with E-state index in [-0.39, 0.29) is 113 Å². The van der Waals surface area contributed by atoms with Crippen molar-refractivity contribution < 1.29 is 67.3 Å². The minimum atomic E-state index is -1.78. The van der Waals surface area contributed by atoms with Crippen LogP contribution in [0.2, 0.25) is 0 Å². The molecule has 35 heteroatoms. The van der Waals surface area contributed by atoms with Gasteiger partial charge in [-0.3, -0.25) is 58.7 Å². The lowest BCUT2D eigenvalue weighted by atomic mass is 10.0. The number of fused-ring (bicyclic) bond motifs is 3. The second-order valence-electron chi connectivity index (χ2n) is 23.0. The second-order valence-corrected chi connectivity index (χ2v) is 24.2. The summed E-state index contributed by atoms with van der Waals surface area (Å²) < 4.78 is 18.5. The molecule has 3 aliphatic heterocycles. The van der Waals surface area contributed by atoms with E-state index < -0.39 is 96.5 Å². The molecule has 2 fully saturated rings. The Morgan fingerprint density at radius 1 is 0.681 bits per heavy atom. The number of nitrogens with zero attached hydrogens (tertiary/aromatic N) is 3. The van der Waals surface area contributed by atoms with Gasteiger partial charge in [-0.1, -0.05) is 25.5 Å². The smallest absolute Gasteiger partial charge is 0.315 e. The zero-order valence-corrected chi connectivity index (χ0v) is 53.1. The number of carboxylic acids is 1. The lowest BCUT2D eigenvalue weighted by molar-refractivity contribution is -0.141. The van der Waals surface area contributed by atoms with Gasteiger partial charge in [0.25, 0.3) is 0 Å². The highest BCUT2D eigenvalue weighted by Gasteiger charge is 2.42. The first-order valence-electron chi connectivity index (χ1n) is 31.3. The molecular weight excluding hydrogens is 1210 g/mol. The van der Waals surface area contributed by atoms with Crippen LogP contribution in [0, 0.1) is 16.7 Å². The average molecular weight is 1310 g/mol. The number of unbranched alkanes of at least 4 members (excludes halogenated alkanes) is 2. The fourth-order valence-electron chi connectivity index (χ4n) is 10.0. The van der Waals surface area contributed by atoms with Crippen LogP contribution in [0.5, 0.6) is 0 Å². The summed E-state index contributed by atoms with van der Waals surface area (Å²) in [5, 5.41) is 65.8. The van der Waals surface area contributed by atoms with Crippen LogP contribution in [-0.2, 0) is 70.3 Å². The van der Waals surface area contributed by atoms with Gasteiger partial charge in [0.05, 0.1) is 63.2 Å². The highest BCUT2D eigenvalue weighted by atomic mass is 32.2. The zero-order valence-electron chi connectivity index (χ0n) is 52.3. The summed E-state index contributed by atoms with van der Waals surface area (Å²) in [6, 6.07) is -7.69. The molecule has 34 nitrogen and oxygen atoms in total. The SMILES string of the molecule is CC(C)C[C@@H]1NC(=O)[C@@H](N)Cc2cn(nn2)CCCC[C@@H](C(=O)NCCCOCCOCCOCCCNC(=O)CCCC[C@H]2SC[C@H]3NC(=O)N[C@H]32)NC(=O)[C@H](CCCNC(=N)N)NC(=O)[C@H](CC(=O)O)NC(=O)CNC(=O)[C@H](CCCCNC(=N)N)NC1=O. The summed E-state index contributed by atoms with van der Waals surface area (Å²) in [4.78, 5) is 133. The minimum Gasteiger partial charge on any atom is -0.481 e. The lowest BCUT2D eigenvalue weighted by Gasteiger charge is -2.26. The van der Waals surface area contributed by atoms with Gasteiger partial charge in [-0.2, -0.15) is 11.8 Å². The van der Waals surface area contributed by atoms with Crippen LogP contribution in [0.25, 0.3) is 0 Å². The molecule has 10 amide bonds. The number of ether oxygens (including phenoxy) is 3. The molecule has 4 rings (SSSR count). The van der Waals surface area contributed by atoms with Crippen LogP contribution >= 0.6 is 11.8 Å². The van der Waals surface area contributed by atoms with E-state index in [1.165, 1.54) is 4.68 Å². The molecule has 21 N–H and O–H groups in total. The molecule has 0 aromatic carbocycles. The molecule has 2 saturated heterocycles. The number of nitrogens with two attached hydrogens (primary N) is 3. The van der Waals surface area contributed by atoms with Gasteiger partial charge < -0.3 is 100 Å². The number of nitrogens with one attached hydrogen (secondary N) is 14. The van der Waals surface area contributed by atoms with Gasteiger partial charge in [0.15, 0.2) is 11.9 Å². The fourth-order valence-corrected chi connectivity index (χ4v) is 11.6. The number of carbonyl (C=O) groups excluding carboxylic acids is 9. The van der Waals surface area contributed by atoms with E-state index in [1.54, 1.807) is 6.20 Å². The number of rotatable bonds is 33. The number of thioether (sulfide) groups is 1. The van der Waals surface area contributed by atoms with Crippen molar-refractivity contribution >= 4 is 82.9 Å². The van der Waals surface area contributed by atoms with Gasteiger partial charge in [-0.05, 0) is 89.4 Å². The van der Waals surface area contributed by atoms with Crippen molar-refractivity contribution in [1.29, 1.82) is 10.8 Å². The standard InChI is InChI=1S/C56H98N20O14S/c1-34(2)28-40-52(85)69-38(12-5-7-17-64-54(58)59)50(83)66-31-45(78)67-41(30-46(79)80)53(86)70-39(14-9-18-65-55(60)61)51(84)68-37(13-6-8-21-76-32-35(74-75-76)29-36(57)48(81)71-40)49(82)63-20-11-23-89-25-27-90-26-24-88-22-10-19-62-44(77)16-4-3-15-43-47-42(33-91-43)72-56(87)73-47/h32,34,36-43,47H,3-31,33,57H2,1-2H3,(H,62,77)(H,63,82)(H,66,83)(H,67,78)(H,68,84)(H,69,85)(H,70,86)(H,71,81)(H,79,80)(H4,58,59,64)(H4,60,61,65)(H2,72,73,87)/t36-,37-,38-,39-,40-,41-,42+,43+,47+/m0/s1. The number of aromatic nitrogens is 3. The van der Waals surface area contributed by atoms with E-state index >= 15 is 0 Å². The number of aliphatic carboxylic acids is 1. The van der Waals surface area contributed by atoms with Crippen molar-refractivity contribution in [1.82, 2.24) is 78.8 Å². The topological polar surface area (TPSA) is 519 Å². The van der Waals surface area contributed by atoms with Crippen molar-refractivity contribution in [2.45, 2.75) is 183 Å². The molecule has 1 aromatic heterocycles. The molecular formula is C56H98N20O14S. The van der Waals surface area contributed by atoms with Crippen molar-refractivity contribution in [3.05, 3.63) is 11.9 Å². The van der Waals surface area contributed by atoms with E-state index in [4.69, 9.17) is 42.2 Å². The summed E-state index contributed by atoms with van der Waals surface area (Å²) in [5.41, 5.74) is 17.6. The minimum absolute atomic E-state index is 0.00444. The maximum Gasteiger partial charge on any atom is 0.315 e. The van der Waals surface area contributed by atoms with E-state index in [9.17, 15) is 53.1 Å². The normalized spacial score (nSPS) is 23.1. The molecule has 4 heterocycles. The highest BCUT2D eigenvalue weighted by Crippen LogP contribution is 2.33. The summed E-state index contributed by atoms with van der Waals surface area (Å²) >= 11 is 1.86. The Balaban J connectivity index is 1.33. The fraction of sp³-hybridized carbons (Fsp3) is 0.750. The van der Waals surface area contributed by atoms with Crippen LogP contribution < -0.4 is 81.0 Å². The zero-order chi connectivity index (χ0) is 66.5. The summed E-state index contributed by atoms with van der Waals surface area (Å²) in [6.07, 6.45) is 6.57. The Morgan fingerprint density at radius 2 is 1.27 bits per heavy atom. The number of hydrogen-bond donors (Lipinski definition) is 18. The number of urea groups is 1. The molecule has 9 atom stereocenters. The van der Waals surface area contributed by atoms with E-state index in [1.807, 2.05) is 25.6 Å². The first kappa shape index (κ1) is 75.8. The van der Waals surface area contributed by atoms with Crippen molar-refractivity contribution in [2.75, 3.05) is 78.1 Å². The predicted molar refractivity (Wildman–Crippen MR) is 335 cm³/mol. The van der Waals surface area contributed by atoms with Gasteiger partial charge >= 0.3 is 12.0 Å². The average Bonchev–Trinajstić information content (AvgIpc) is 1.76. The van der Waals surface area contributed by atoms with Crippen molar-refractivity contribution in [2.24, 2.45) is 23.1 Å². The molecule has 0 radical (unpaired) electrons. The van der Waals surface area contributed by atoms with Gasteiger partial charge in [-0.25, -0.2) is 4.79 Å². The van der Waals surface area contributed by atoms with Gasteiger partial charge in [0, 0.05) is 76.0 Å². The van der Waals surface area contributed by atoms with Crippen LogP contribution in [0.15, 0.2) is 6.20 Å². The van der Waals surface area contributed by atoms with E-state index in [0.29, 0.717) is 95.4 Å². The molecule has 3 aliphatic rings. The molecule has 1 aromatic rings. The molecule has 2 bridgehead atoms. The Morgan fingerprint density at radius 3 is 1.95 bits per heavy atom. The highest BCUT2D eigenvalue weighted by molar-refractivity contribution is 8.00. The largest absolute Gasteiger partial charge is 0.481 e. The number of carboxylic acid groups (broad SMARTS) is 1. The number of hydrogen-bond acceptors (Lipinski definition) is 19. The number of guanidine groups is 2. The Bertz CT molecular complexity index is 2530. The van der Waals surface area contributed by atoms with Crippen molar-refractivity contribution in [3.63, 3.8) is 0 Å². The second kappa shape index (κ2) is 42.4. The summed E-state index contributed by atoms with van der Waals surface area (Å²) in [6.45, 7) is 6.16. The molecule has 0 spiro atoms. The first-order valence-corrected chi connectivity index (χ1v) is 32.4. The maximum atomic E-state index is 14.2. The van der Waals surface area contributed by atoms with Crippen LogP contribution in [0.3, 0.4) is 0 Å². The first-order chi connectivity index (χ1) is 43.6. The quantitative estimate of drug-likeness (QED) is 0.0138. The molecule has 0 unspecified atom stereocenters. The van der Waals surface area contributed by atoms with E-state index in [2.05, 4.69) is 74.1 Å². The van der Waals surface area contributed by atoms with Crippen molar-refractivity contribution in [3.8, 4) is 0 Å². The van der Waals surface area contributed by atoms with Crippen LogP contribution in [-0.4, -0.2) is 223 Å². The van der Waals surface area contributed by atoms with Crippen LogP contribution in [0.4, 0.5) is 4.79 Å². The third-order valence-corrected chi connectivity index (χ3v) is 16.3. The summed E-state index contributed by atoms with van der Waals surface area (Å²) in [5.74, 6) is -7.02. The predicted octanol–water partition coefficient (Wildman–Crippen LogP) is -3.90. The molecule has 512 valence electrons. The Labute approximate surface area is 534 Å². The summed E-state index contributed by atoms with van der Waals surface area (Å²) in [7, 11) is 0. The Hall–Kier alpha value is -7.63. The van der Waals surface area contributed by atoms with Crippen LogP contribution in [0.1, 0.15) is 122 Å². The van der Waals surface area contributed by atoms with Gasteiger partial charge in [-0.15, -0.1) is 5.10 Å². The van der Waals surface area contributed by atoms with E-state index in [0.717, 1.165) is 25.0 Å². The number of aryl methyl sites for hydroxylation is 1. The molecule has 91 heavy (non-hydrogen) atoms. The molecule has 0 saturated carbocycles. The van der Waals surface area contributed by atoms with Gasteiger partial charge in [0.2, 0.25) is 47.3 Å². The Kier molecular flexibility index (Phi) is 35.4. The third-order valence-electron chi connectivity index (χ3n) is 14.8. The number of amides is 10. The monoisotopic (exact) mass is 1310 g/mol. The van der Waals surface area contributed by atoms with Gasteiger partial charge in [0.1, 0.15) is 30.2 Å². The maximum absolute atomic E-state index is 14.2. The molecule has 0 aliphatic carbocycles. The number of carbonyl (C=O) groups is 10. The lowest BCUT2D eigenvalue weighted by Crippen LogP contribution is -2.58.